The molecule has 260 valence electrons. The molecule has 48 heavy (non-hydrogen) atoms. The fourth-order valence-electron chi connectivity index (χ4n) is 8.05. The predicted octanol–water partition coefficient (Wildman–Crippen LogP) is 3.93. The van der Waals surface area contributed by atoms with Gasteiger partial charge in [0.15, 0.2) is 29.2 Å². The summed E-state index contributed by atoms with van der Waals surface area (Å²) in [4.78, 5) is 29.1. The van der Waals surface area contributed by atoms with Gasteiger partial charge in [0.05, 0.1) is 13.7 Å². The van der Waals surface area contributed by atoms with E-state index in [1.54, 1.807) is 6.07 Å². The van der Waals surface area contributed by atoms with E-state index in [0.29, 0.717) is 48.2 Å². The summed E-state index contributed by atoms with van der Waals surface area (Å²) in [6.45, 7) is 1.31. The number of hydrogen-bond acceptors (Lipinski definition) is 9. The average molecular weight is 661 g/mol. The number of carbonyl (C=O) groups excluding carboxylic acids is 2. The summed E-state index contributed by atoms with van der Waals surface area (Å²) < 4.78 is 5.59. The van der Waals surface area contributed by atoms with Gasteiger partial charge >= 0.3 is 0 Å². The van der Waals surface area contributed by atoms with E-state index in [0.717, 1.165) is 36.2 Å². The second kappa shape index (κ2) is 16.0. The van der Waals surface area contributed by atoms with Gasteiger partial charge in [-0.05, 0) is 86.9 Å². The minimum atomic E-state index is -1.64. The van der Waals surface area contributed by atoms with Gasteiger partial charge in [0.2, 0.25) is 0 Å². The van der Waals surface area contributed by atoms with Gasteiger partial charge in [-0.25, -0.2) is 0 Å². The average Bonchev–Trinajstić information content (AvgIpc) is 3.60. The Morgan fingerprint density at radius 3 is 2.71 bits per heavy atom. The molecule has 8 N–H and O–H groups in total. The number of aromatic hydroxyl groups is 1. The molecular formula is C38H52N4O6. The fourth-order valence-corrected chi connectivity index (χ4v) is 8.05. The first kappa shape index (κ1) is 35.4. The molecule has 1 aliphatic heterocycles. The third-order valence-corrected chi connectivity index (χ3v) is 10.5. The number of benzene rings is 1. The van der Waals surface area contributed by atoms with Crippen molar-refractivity contribution in [2.75, 3.05) is 33.9 Å². The number of aliphatic hydroxyl groups is 2. The molecule has 1 aromatic carbocycles. The summed E-state index contributed by atoms with van der Waals surface area (Å²) in [7, 11) is 3.45. The van der Waals surface area contributed by atoms with Crippen molar-refractivity contribution in [1.29, 1.82) is 0 Å². The molecule has 2 aliphatic carbocycles. The number of methoxy groups -OCH3 is 1. The maximum Gasteiger partial charge on any atom is 0.170 e. The Morgan fingerprint density at radius 1 is 1.19 bits per heavy atom. The molecule has 0 saturated heterocycles. The zero-order valence-electron chi connectivity index (χ0n) is 28.3. The highest BCUT2D eigenvalue weighted by atomic mass is 16.5. The molecule has 0 amide bonds. The molecule has 0 bridgehead atoms. The first-order valence-electron chi connectivity index (χ1n) is 17.3. The molecule has 1 fully saturated rings. The van der Waals surface area contributed by atoms with Crippen LogP contribution in [0.4, 0.5) is 0 Å². The van der Waals surface area contributed by atoms with Gasteiger partial charge in [-0.1, -0.05) is 43.6 Å². The molecule has 1 aromatic heterocycles. The minimum absolute atomic E-state index is 0.0441. The molecule has 1 saturated carbocycles. The lowest BCUT2D eigenvalue weighted by molar-refractivity contribution is -0.138. The smallest absolute Gasteiger partial charge is 0.170 e. The Kier molecular flexibility index (Phi) is 11.8. The van der Waals surface area contributed by atoms with E-state index in [9.17, 15) is 24.9 Å². The summed E-state index contributed by atoms with van der Waals surface area (Å²) in [5, 5.41) is 39.6. The number of fused-ring (bicyclic) bond motifs is 1. The number of phenols is 1. The number of rotatable bonds is 16. The van der Waals surface area contributed by atoms with E-state index >= 15 is 0 Å². The van der Waals surface area contributed by atoms with Crippen LogP contribution in [0, 0.1) is 17.3 Å². The number of dihydropyridines is 1. The zero-order valence-corrected chi connectivity index (χ0v) is 28.3. The number of hydrogen-bond donors (Lipinski definition) is 7. The van der Waals surface area contributed by atoms with E-state index in [4.69, 9.17) is 10.5 Å². The number of aliphatic hydroxyl groups excluding tert-OH is 2. The summed E-state index contributed by atoms with van der Waals surface area (Å²) in [6, 6.07) is 7.39. The molecule has 5 atom stereocenters. The van der Waals surface area contributed by atoms with Crippen molar-refractivity contribution in [1.82, 2.24) is 15.6 Å². The van der Waals surface area contributed by atoms with Gasteiger partial charge in [-0.15, -0.1) is 0 Å². The molecule has 2 aromatic rings. The molecule has 2 heterocycles. The van der Waals surface area contributed by atoms with Crippen molar-refractivity contribution in [3.63, 3.8) is 0 Å². The Balaban J connectivity index is 1.31. The lowest BCUT2D eigenvalue weighted by Gasteiger charge is -2.43. The van der Waals surface area contributed by atoms with Crippen molar-refractivity contribution in [2.45, 2.75) is 76.2 Å². The molecular weight excluding hydrogens is 608 g/mol. The lowest BCUT2D eigenvalue weighted by atomic mass is 9.61. The van der Waals surface area contributed by atoms with Crippen molar-refractivity contribution in [3.05, 3.63) is 82.5 Å². The number of aromatic amines is 1. The zero-order chi connectivity index (χ0) is 34.3. The van der Waals surface area contributed by atoms with Gasteiger partial charge in [0, 0.05) is 53.7 Å². The van der Waals surface area contributed by atoms with Crippen LogP contribution in [0.1, 0.15) is 74.1 Å². The van der Waals surface area contributed by atoms with E-state index in [1.807, 2.05) is 49.7 Å². The highest BCUT2D eigenvalue weighted by molar-refractivity contribution is 6.05. The summed E-state index contributed by atoms with van der Waals surface area (Å²) in [6.07, 6.45) is 13.4. The van der Waals surface area contributed by atoms with E-state index < -0.39 is 29.0 Å². The summed E-state index contributed by atoms with van der Waals surface area (Å²) >= 11 is 0. The third kappa shape index (κ3) is 7.88. The van der Waals surface area contributed by atoms with E-state index in [1.165, 1.54) is 26.4 Å². The number of Topliss-reactive ketones (excluding diaryl/α,β-unsaturated/α-hetero) is 2. The Labute approximate surface area is 283 Å². The Morgan fingerprint density at radius 2 is 1.98 bits per heavy atom. The number of nitrogens with one attached hydrogen (secondary N) is 3. The number of carbonyl (C=O) groups is 2. The summed E-state index contributed by atoms with van der Waals surface area (Å²) in [5.74, 6) is 0.526. The van der Waals surface area contributed by atoms with Crippen LogP contribution in [0.15, 0.2) is 65.7 Å². The lowest BCUT2D eigenvalue weighted by Crippen LogP contribution is -2.40. The first-order valence-corrected chi connectivity index (χ1v) is 17.3. The van der Waals surface area contributed by atoms with Crippen molar-refractivity contribution < 1.29 is 29.6 Å². The van der Waals surface area contributed by atoms with E-state index in [-0.39, 0.29) is 37.4 Å². The van der Waals surface area contributed by atoms with Gasteiger partial charge in [-0.2, -0.15) is 0 Å². The number of H-pyrrole nitrogens is 1. The maximum absolute atomic E-state index is 13.1. The molecule has 0 radical (unpaired) electrons. The summed E-state index contributed by atoms with van der Waals surface area (Å²) in [5.41, 5.74) is 9.38. The maximum atomic E-state index is 13.1. The highest BCUT2D eigenvalue weighted by Gasteiger charge is 2.45. The number of ether oxygens (including phenoxy) is 1. The number of nitrogens with two attached hydrogens (primary N) is 1. The number of aryl methyl sites for hydroxylation is 1. The normalized spacial score (nSPS) is 24.4. The highest BCUT2D eigenvalue weighted by Crippen LogP contribution is 2.54. The number of aromatic nitrogens is 1. The van der Waals surface area contributed by atoms with Gasteiger partial charge in [-0.3, -0.25) is 9.59 Å². The standard InChI is InChI=1S/C38H52N4O6/c1-40-22-26-8-3-6-24(18-26)7-4-10-31(44)36(47)32(45)12-11-25-19-30(35(46)33(20-25)48-2)34-28-14-17-42-37(39)29(28)13-15-38(34,23-43)21-27-9-5-16-41-27/h5,9,13-16,19-20,24,26,34,36,40-43,46-47H,3-4,6-8,10-12,17-18,21-23,39H2,1-2H3. The molecule has 5 unspecified atom stereocenters. The van der Waals surface area contributed by atoms with Crippen LogP contribution in [0.5, 0.6) is 11.5 Å². The van der Waals surface area contributed by atoms with Crippen LogP contribution in [0.3, 0.4) is 0 Å². The van der Waals surface area contributed by atoms with Crippen molar-refractivity contribution >= 4 is 11.6 Å². The third-order valence-electron chi connectivity index (χ3n) is 10.5. The molecule has 0 spiro atoms. The second-order valence-electron chi connectivity index (χ2n) is 13.8. The van der Waals surface area contributed by atoms with Crippen LogP contribution < -0.4 is 21.1 Å². The van der Waals surface area contributed by atoms with Gasteiger partial charge < -0.3 is 41.4 Å². The van der Waals surface area contributed by atoms with Crippen molar-refractivity contribution in [2.24, 2.45) is 23.0 Å². The van der Waals surface area contributed by atoms with Crippen LogP contribution in [0.2, 0.25) is 0 Å². The predicted molar refractivity (Wildman–Crippen MR) is 185 cm³/mol. The minimum Gasteiger partial charge on any atom is -0.504 e. The second-order valence-corrected chi connectivity index (χ2v) is 13.8. The molecule has 10 heteroatoms. The molecule has 3 aliphatic rings. The van der Waals surface area contributed by atoms with Gasteiger partial charge in [0.25, 0.3) is 0 Å². The molecule has 10 nitrogen and oxygen atoms in total. The van der Waals surface area contributed by atoms with Crippen molar-refractivity contribution in [3.8, 4) is 11.5 Å². The fraction of sp³-hybridized carbons (Fsp3) is 0.526. The Hall–Kier alpha value is -3.86. The monoisotopic (exact) mass is 660 g/mol. The first-order chi connectivity index (χ1) is 23.2. The number of allylic oxidation sites excluding steroid dienone is 3. The molecule has 5 rings (SSSR count). The Bertz CT molecular complexity index is 1530. The van der Waals surface area contributed by atoms with Crippen LogP contribution in [-0.4, -0.2) is 71.8 Å². The van der Waals surface area contributed by atoms with Crippen LogP contribution >= 0.6 is 0 Å². The number of ketones is 2. The van der Waals surface area contributed by atoms with Crippen LogP contribution in [0.25, 0.3) is 0 Å². The van der Waals surface area contributed by atoms with Crippen LogP contribution in [-0.2, 0) is 22.4 Å². The number of phenolic OH excluding ortho intramolecular Hbond substituents is 1. The van der Waals surface area contributed by atoms with E-state index in [2.05, 4.69) is 15.6 Å². The topological polar surface area (TPSA) is 170 Å². The SMILES string of the molecule is CNCC1CCCC(CCCC(=O)C(O)C(=O)CCc2cc(OC)c(O)c(C3C4=CCNC(N)=C4C=CC3(CO)Cc3ccc[nH]3)c2)C1. The van der Waals surface area contributed by atoms with Gasteiger partial charge in [0.1, 0.15) is 5.82 Å². The quantitative estimate of drug-likeness (QED) is 0.132. The largest absolute Gasteiger partial charge is 0.504 e.